The third-order valence-corrected chi connectivity index (χ3v) is 6.32. The maximum Gasteiger partial charge on any atom is 0.207 e. The lowest BCUT2D eigenvalue weighted by Crippen LogP contribution is -2.61. The number of carbonyl (C=O) groups is 1. The number of aromatic hydroxyl groups is 1. The summed E-state index contributed by atoms with van der Waals surface area (Å²) >= 11 is 0. The monoisotopic (exact) mass is 431 g/mol. The van der Waals surface area contributed by atoms with Crippen molar-refractivity contribution in [2.75, 3.05) is 26.2 Å². The van der Waals surface area contributed by atoms with E-state index in [0.717, 1.165) is 45.3 Å². The molecule has 1 aliphatic rings. The number of nitrogens with zero attached hydrogens (tertiary/aromatic N) is 1. The van der Waals surface area contributed by atoms with Crippen molar-refractivity contribution >= 4 is 6.41 Å². The van der Waals surface area contributed by atoms with E-state index in [0.29, 0.717) is 24.3 Å². The lowest BCUT2D eigenvalue weighted by atomic mass is 9.64. The number of amides is 1. The van der Waals surface area contributed by atoms with Crippen LogP contribution in [0.15, 0.2) is 24.3 Å². The van der Waals surface area contributed by atoms with Gasteiger partial charge in [0.15, 0.2) is 0 Å². The first kappa shape index (κ1) is 25.7. The van der Waals surface area contributed by atoms with Crippen LogP contribution in [0.3, 0.4) is 0 Å². The standard InChI is InChI=1S/C26H45N3O2/c1-20(2)16-29-18-26(12-14-27-19-30,23(29)21-8-10-22(31)11-9-21)13-15-28-25(6,7)17-24(3,4)5/h8-11,19-20,23,28,31H,12-18H2,1-7H3,(H,27,30). The van der Waals surface area contributed by atoms with Gasteiger partial charge in [-0.05, 0) is 68.7 Å². The van der Waals surface area contributed by atoms with Crippen LogP contribution in [0.1, 0.15) is 79.3 Å². The van der Waals surface area contributed by atoms with Crippen LogP contribution in [0.5, 0.6) is 5.75 Å². The number of benzene rings is 1. The van der Waals surface area contributed by atoms with Gasteiger partial charge in [-0.1, -0.05) is 46.8 Å². The smallest absolute Gasteiger partial charge is 0.207 e. The van der Waals surface area contributed by atoms with E-state index in [4.69, 9.17) is 0 Å². The van der Waals surface area contributed by atoms with Crippen molar-refractivity contribution in [3.63, 3.8) is 0 Å². The molecule has 2 rings (SSSR count). The number of phenols is 1. The van der Waals surface area contributed by atoms with E-state index in [-0.39, 0.29) is 16.4 Å². The fourth-order valence-electron chi connectivity index (χ4n) is 5.69. The van der Waals surface area contributed by atoms with Crippen LogP contribution in [0.4, 0.5) is 0 Å². The molecule has 0 aromatic heterocycles. The molecular formula is C26H45N3O2. The number of hydrogen-bond donors (Lipinski definition) is 3. The van der Waals surface area contributed by atoms with Gasteiger partial charge in [0.05, 0.1) is 0 Å². The summed E-state index contributed by atoms with van der Waals surface area (Å²) in [5, 5.41) is 16.5. The Morgan fingerprint density at radius 1 is 1.13 bits per heavy atom. The fourth-order valence-corrected chi connectivity index (χ4v) is 5.69. The minimum absolute atomic E-state index is 0.0793. The molecule has 5 nitrogen and oxygen atoms in total. The van der Waals surface area contributed by atoms with E-state index >= 15 is 0 Å². The largest absolute Gasteiger partial charge is 0.508 e. The zero-order valence-electron chi connectivity index (χ0n) is 20.8. The molecule has 2 atom stereocenters. The number of rotatable bonds is 12. The minimum atomic E-state index is 0.0793. The van der Waals surface area contributed by atoms with E-state index in [1.807, 2.05) is 0 Å². The predicted octanol–water partition coefficient (Wildman–Crippen LogP) is 4.72. The molecule has 1 aromatic rings. The summed E-state index contributed by atoms with van der Waals surface area (Å²) < 4.78 is 0. The first-order valence-electron chi connectivity index (χ1n) is 11.8. The summed E-state index contributed by atoms with van der Waals surface area (Å²) in [6, 6.07) is 8.01. The molecule has 0 aliphatic carbocycles. The van der Waals surface area contributed by atoms with Gasteiger partial charge in [0, 0.05) is 36.6 Å². The Bertz CT molecular complexity index is 694. The van der Waals surface area contributed by atoms with Crippen LogP contribution >= 0.6 is 0 Å². The lowest BCUT2D eigenvalue weighted by molar-refractivity contribution is -0.111. The molecule has 1 aliphatic heterocycles. The van der Waals surface area contributed by atoms with Crippen molar-refractivity contribution in [2.45, 2.75) is 79.3 Å². The first-order valence-corrected chi connectivity index (χ1v) is 11.8. The number of likely N-dealkylation sites (tertiary alicyclic amines) is 1. The van der Waals surface area contributed by atoms with E-state index in [2.05, 4.69) is 76.1 Å². The molecule has 1 aromatic carbocycles. The molecule has 176 valence electrons. The molecule has 1 amide bonds. The van der Waals surface area contributed by atoms with Crippen molar-refractivity contribution in [3.05, 3.63) is 29.8 Å². The van der Waals surface area contributed by atoms with Crippen molar-refractivity contribution in [3.8, 4) is 5.75 Å². The average Bonchev–Trinajstić information content (AvgIpc) is 2.60. The number of nitrogens with one attached hydrogen (secondary N) is 2. The molecule has 0 bridgehead atoms. The Morgan fingerprint density at radius 3 is 2.29 bits per heavy atom. The fraction of sp³-hybridized carbons (Fsp3) is 0.731. The molecule has 1 saturated heterocycles. The first-order chi connectivity index (χ1) is 14.4. The van der Waals surface area contributed by atoms with Gasteiger partial charge in [-0.25, -0.2) is 0 Å². The summed E-state index contributed by atoms with van der Waals surface area (Å²) in [6.07, 6.45) is 3.92. The van der Waals surface area contributed by atoms with Gasteiger partial charge >= 0.3 is 0 Å². The second-order valence-electron chi connectivity index (χ2n) is 11.8. The second-order valence-corrected chi connectivity index (χ2v) is 11.8. The highest BCUT2D eigenvalue weighted by Crippen LogP contribution is 2.53. The Hall–Kier alpha value is -1.59. The quantitative estimate of drug-likeness (QED) is 0.331. The highest BCUT2D eigenvalue weighted by atomic mass is 16.3. The van der Waals surface area contributed by atoms with Gasteiger partial charge in [0.1, 0.15) is 5.75 Å². The molecule has 31 heavy (non-hydrogen) atoms. The van der Waals surface area contributed by atoms with Crippen LogP contribution in [-0.4, -0.2) is 48.1 Å². The van der Waals surface area contributed by atoms with Gasteiger partial charge in [-0.15, -0.1) is 0 Å². The topological polar surface area (TPSA) is 64.6 Å². The zero-order valence-corrected chi connectivity index (χ0v) is 20.8. The van der Waals surface area contributed by atoms with Crippen molar-refractivity contribution < 1.29 is 9.90 Å². The van der Waals surface area contributed by atoms with Crippen LogP contribution in [0, 0.1) is 16.7 Å². The molecule has 0 spiro atoms. The van der Waals surface area contributed by atoms with Gasteiger partial charge < -0.3 is 15.7 Å². The third kappa shape index (κ3) is 7.50. The third-order valence-electron chi connectivity index (χ3n) is 6.32. The molecule has 0 radical (unpaired) electrons. The summed E-state index contributed by atoms with van der Waals surface area (Å²) in [5.41, 5.74) is 1.72. The molecular weight excluding hydrogens is 386 g/mol. The zero-order chi connectivity index (χ0) is 23.3. The normalized spacial score (nSPS) is 22.4. The molecule has 3 N–H and O–H groups in total. The van der Waals surface area contributed by atoms with Gasteiger partial charge in [0.2, 0.25) is 6.41 Å². The van der Waals surface area contributed by atoms with Crippen molar-refractivity contribution in [1.82, 2.24) is 15.5 Å². The summed E-state index contributed by atoms with van der Waals surface area (Å²) in [5.74, 6) is 0.895. The maximum absolute atomic E-state index is 10.9. The summed E-state index contributed by atoms with van der Waals surface area (Å²) in [7, 11) is 0. The van der Waals surface area contributed by atoms with Crippen LogP contribution < -0.4 is 10.6 Å². The van der Waals surface area contributed by atoms with Crippen LogP contribution in [0.25, 0.3) is 0 Å². The van der Waals surface area contributed by atoms with E-state index < -0.39 is 0 Å². The van der Waals surface area contributed by atoms with Gasteiger partial charge in [-0.2, -0.15) is 0 Å². The van der Waals surface area contributed by atoms with Gasteiger partial charge in [-0.3, -0.25) is 9.69 Å². The molecule has 1 heterocycles. The summed E-state index contributed by atoms with van der Waals surface area (Å²) in [6.45, 7) is 19.7. The number of carbonyl (C=O) groups excluding carboxylic acids is 1. The second kappa shape index (κ2) is 10.4. The molecule has 5 heteroatoms. The molecule has 2 unspecified atom stereocenters. The average molecular weight is 432 g/mol. The Morgan fingerprint density at radius 2 is 1.74 bits per heavy atom. The van der Waals surface area contributed by atoms with E-state index in [1.165, 1.54) is 5.56 Å². The SMILES string of the molecule is CC(C)CN1CC(CCNC=O)(CCNC(C)(C)CC(C)(C)C)C1c1ccc(O)cc1. The lowest BCUT2D eigenvalue weighted by Gasteiger charge is -2.59. The minimum Gasteiger partial charge on any atom is -0.508 e. The number of phenolic OH excluding ortho intramolecular Hbond substituents is 1. The van der Waals surface area contributed by atoms with Crippen molar-refractivity contribution in [1.29, 1.82) is 0 Å². The van der Waals surface area contributed by atoms with Gasteiger partial charge in [0.25, 0.3) is 0 Å². The Balaban J connectivity index is 2.20. The van der Waals surface area contributed by atoms with Crippen LogP contribution in [0.2, 0.25) is 0 Å². The Kier molecular flexibility index (Phi) is 8.57. The highest BCUT2D eigenvalue weighted by molar-refractivity contribution is 5.45. The highest BCUT2D eigenvalue weighted by Gasteiger charge is 2.52. The Labute approximate surface area is 190 Å². The maximum atomic E-state index is 10.9. The molecule has 0 saturated carbocycles. The molecule has 1 fully saturated rings. The van der Waals surface area contributed by atoms with Crippen LogP contribution in [-0.2, 0) is 4.79 Å². The predicted molar refractivity (Wildman–Crippen MR) is 129 cm³/mol. The summed E-state index contributed by atoms with van der Waals surface area (Å²) in [4.78, 5) is 13.5. The number of hydrogen-bond acceptors (Lipinski definition) is 4. The van der Waals surface area contributed by atoms with E-state index in [1.54, 1.807) is 12.1 Å². The van der Waals surface area contributed by atoms with E-state index in [9.17, 15) is 9.90 Å². The van der Waals surface area contributed by atoms with Crippen molar-refractivity contribution in [2.24, 2.45) is 16.7 Å².